The van der Waals surface area contributed by atoms with Crippen molar-refractivity contribution < 1.29 is 39.1 Å². The molecule has 2 amide bonds. The second-order valence-corrected chi connectivity index (χ2v) is 5.94. The van der Waals surface area contributed by atoms with Gasteiger partial charge in [0.15, 0.2) is 0 Å². The van der Waals surface area contributed by atoms with Gasteiger partial charge in [0.25, 0.3) is 5.91 Å². The number of nitrogens with zero attached hydrogens (tertiary/aromatic N) is 1. The average Bonchev–Trinajstić information content (AvgIpc) is 2.32. The summed E-state index contributed by atoms with van der Waals surface area (Å²) in [6, 6.07) is 0. The van der Waals surface area contributed by atoms with E-state index < -0.39 is 5.41 Å². The summed E-state index contributed by atoms with van der Waals surface area (Å²) < 4.78 is 0. The normalized spacial score (nSPS) is 22.5. The van der Waals surface area contributed by atoms with E-state index >= 15 is 0 Å². The largest absolute Gasteiger partial charge is 1.00 e. The monoisotopic (exact) mass is 310 g/mol. The minimum absolute atomic E-state index is 0. The van der Waals surface area contributed by atoms with Gasteiger partial charge in [-0.25, -0.2) is 4.99 Å². The fraction of sp³-hybridized carbons (Fsp3) is 0.750. The predicted molar refractivity (Wildman–Crippen MR) is 77.5 cm³/mol. The topological polar surface area (TPSA) is 58.5 Å². The minimum atomic E-state index is -0.998. The summed E-state index contributed by atoms with van der Waals surface area (Å²) in [5.74, 6) is 1.21. The Kier molecular flexibility index (Phi) is 9.53. The molecule has 0 aliphatic carbocycles. The molecule has 0 bridgehead atoms. The van der Waals surface area contributed by atoms with Gasteiger partial charge in [-0.2, -0.15) is 11.8 Å². The molecule has 19 heavy (non-hydrogen) atoms. The fourth-order valence-electron chi connectivity index (χ4n) is 1.84. The molecule has 0 aromatic carbocycles. The number of carbonyl (C=O) groups excluding carboxylic acids is 2. The SMILES string of the molecule is CCCCSCCC1(CC)C(=O)N=C([S-])NC1=O.[Na+]. The number of amidine groups is 1. The summed E-state index contributed by atoms with van der Waals surface area (Å²) >= 11 is 6.54. The van der Waals surface area contributed by atoms with E-state index in [2.05, 4.69) is 17.2 Å². The van der Waals surface area contributed by atoms with Gasteiger partial charge in [-0.1, -0.05) is 20.3 Å². The van der Waals surface area contributed by atoms with Crippen molar-refractivity contribution in [2.24, 2.45) is 10.4 Å². The van der Waals surface area contributed by atoms with Crippen LogP contribution < -0.4 is 34.9 Å². The first-order valence-corrected chi connectivity index (χ1v) is 7.82. The third kappa shape index (κ3) is 5.01. The number of aliphatic imine (C=N–C) groups is 1. The van der Waals surface area contributed by atoms with Gasteiger partial charge in [-0.05, 0) is 35.9 Å². The van der Waals surface area contributed by atoms with E-state index in [1.807, 2.05) is 6.92 Å². The molecule has 7 heteroatoms. The standard InChI is InChI=1S/C12H20N2O2S2.Na/c1-3-5-7-18-8-6-12(4-2)9(15)13-11(17)14-10(12)16;/h3-8H2,1-2H3,(H2,13,14,15,16,17);/q;+1/p-1. The second kappa shape index (κ2) is 9.34. The first-order valence-electron chi connectivity index (χ1n) is 6.26. The van der Waals surface area contributed by atoms with Crippen LogP contribution in [0.15, 0.2) is 4.99 Å². The number of unbranched alkanes of at least 4 members (excludes halogenated alkanes) is 1. The van der Waals surface area contributed by atoms with Crippen molar-refractivity contribution in [1.82, 2.24) is 5.32 Å². The molecule has 1 rings (SSSR count). The molecular weight excluding hydrogens is 291 g/mol. The van der Waals surface area contributed by atoms with E-state index in [0.29, 0.717) is 12.8 Å². The van der Waals surface area contributed by atoms with Gasteiger partial charge in [-0.15, -0.1) is 0 Å². The van der Waals surface area contributed by atoms with Crippen LogP contribution in [0.2, 0.25) is 0 Å². The summed E-state index contributed by atoms with van der Waals surface area (Å²) in [6.07, 6.45) is 3.33. The summed E-state index contributed by atoms with van der Waals surface area (Å²) in [4.78, 5) is 27.7. The number of rotatable bonds is 7. The van der Waals surface area contributed by atoms with Gasteiger partial charge >= 0.3 is 29.6 Å². The van der Waals surface area contributed by atoms with E-state index in [-0.39, 0.29) is 46.5 Å². The Balaban J connectivity index is 0.00000324. The van der Waals surface area contributed by atoms with Gasteiger partial charge in [0.05, 0.1) is 0 Å². The van der Waals surface area contributed by atoms with E-state index in [1.165, 1.54) is 6.42 Å². The Hall–Kier alpha value is 0.380. The quantitative estimate of drug-likeness (QED) is 0.280. The van der Waals surface area contributed by atoms with Crippen molar-refractivity contribution in [3.63, 3.8) is 0 Å². The number of hydrogen-bond donors (Lipinski definition) is 1. The Morgan fingerprint density at radius 1 is 1.32 bits per heavy atom. The maximum Gasteiger partial charge on any atom is 1.00 e. The van der Waals surface area contributed by atoms with Gasteiger partial charge in [0, 0.05) is 0 Å². The van der Waals surface area contributed by atoms with Crippen LogP contribution in [0.1, 0.15) is 39.5 Å². The van der Waals surface area contributed by atoms with Gasteiger partial charge in [-0.3, -0.25) is 9.59 Å². The van der Waals surface area contributed by atoms with Crippen LogP contribution in [0.4, 0.5) is 0 Å². The van der Waals surface area contributed by atoms with Gasteiger partial charge < -0.3 is 17.9 Å². The van der Waals surface area contributed by atoms with Crippen molar-refractivity contribution >= 4 is 41.4 Å². The van der Waals surface area contributed by atoms with Gasteiger partial charge in [0.1, 0.15) is 5.41 Å². The number of nitrogens with one attached hydrogen (secondary N) is 1. The van der Waals surface area contributed by atoms with Crippen LogP contribution >= 0.6 is 11.8 Å². The van der Waals surface area contributed by atoms with E-state index in [1.54, 1.807) is 11.8 Å². The van der Waals surface area contributed by atoms with E-state index in [4.69, 9.17) is 12.6 Å². The van der Waals surface area contributed by atoms with Crippen LogP contribution in [-0.4, -0.2) is 28.5 Å². The molecule has 4 nitrogen and oxygen atoms in total. The molecular formula is C12H19N2NaO2S2. The maximum atomic E-state index is 12.0. The Bertz CT molecular complexity index is 364. The smallest absolute Gasteiger partial charge is 0.742 e. The number of carbonyl (C=O) groups is 2. The van der Waals surface area contributed by atoms with E-state index in [9.17, 15) is 9.59 Å². The number of hydrogen-bond acceptors (Lipinski definition) is 4. The van der Waals surface area contributed by atoms with Crippen molar-refractivity contribution in [3.05, 3.63) is 0 Å². The molecule has 0 radical (unpaired) electrons. The molecule has 1 atom stereocenters. The molecule has 0 saturated carbocycles. The predicted octanol–water partition coefficient (Wildman–Crippen LogP) is -1.13. The van der Waals surface area contributed by atoms with Crippen LogP contribution in [0.5, 0.6) is 0 Å². The summed E-state index contributed by atoms with van der Waals surface area (Å²) in [6.45, 7) is 3.99. The zero-order valence-electron chi connectivity index (χ0n) is 11.8. The first-order chi connectivity index (χ1) is 8.56. The summed E-state index contributed by atoms with van der Waals surface area (Å²) in [5.41, 5.74) is -0.998. The summed E-state index contributed by atoms with van der Waals surface area (Å²) in [5, 5.41) is 2.49. The third-order valence-electron chi connectivity index (χ3n) is 3.19. The zero-order valence-corrected chi connectivity index (χ0v) is 15.5. The van der Waals surface area contributed by atoms with Crippen LogP contribution in [0, 0.1) is 5.41 Å². The molecule has 1 aliphatic rings. The molecule has 1 unspecified atom stereocenters. The molecule has 1 N–H and O–H groups in total. The molecule has 1 heterocycles. The number of amides is 2. The summed E-state index contributed by atoms with van der Waals surface area (Å²) in [7, 11) is 0. The molecule has 0 aromatic rings. The number of thioether (sulfide) groups is 1. The van der Waals surface area contributed by atoms with Crippen molar-refractivity contribution in [1.29, 1.82) is 0 Å². The maximum absolute atomic E-state index is 12.0. The Morgan fingerprint density at radius 2 is 2.00 bits per heavy atom. The second-order valence-electron chi connectivity index (χ2n) is 4.33. The zero-order chi connectivity index (χ0) is 13.6. The Morgan fingerprint density at radius 3 is 2.53 bits per heavy atom. The first kappa shape index (κ1) is 19.4. The molecule has 1 aliphatic heterocycles. The molecule has 0 aromatic heterocycles. The van der Waals surface area contributed by atoms with Crippen LogP contribution in [0.3, 0.4) is 0 Å². The van der Waals surface area contributed by atoms with Crippen molar-refractivity contribution in [2.75, 3.05) is 11.5 Å². The molecule has 102 valence electrons. The van der Waals surface area contributed by atoms with Crippen molar-refractivity contribution in [2.45, 2.75) is 39.5 Å². The van der Waals surface area contributed by atoms with Crippen LogP contribution in [-0.2, 0) is 22.2 Å². The van der Waals surface area contributed by atoms with Crippen molar-refractivity contribution in [3.8, 4) is 0 Å². The van der Waals surface area contributed by atoms with Gasteiger partial charge in [0.2, 0.25) is 5.91 Å². The Labute approximate surface area is 146 Å². The molecule has 0 saturated heterocycles. The molecule has 0 fully saturated rings. The third-order valence-corrected chi connectivity index (χ3v) is 4.45. The van der Waals surface area contributed by atoms with E-state index in [0.717, 1.165) is 17.9 Å². The molecule has 0 spiro atoms. The average molecular weight is 310 g/mol. The minimum Gasteiger partial charge on any atom is -0.742 e. The fourth-order valence-corrected chi connectivity index (χ4v) is 3.21. The van der Waals surface area contributed by atoms with Crippen LogP contribution in [0.25, 0.3) is 0 Å².